The van der Waals surface area contributed by atoms with E-state index in [2.05, 4.69) is 17.6 Å². The zero-order chi connectivity index (χ0) is 19.6. The Hall–Kier alpha value is -2.53. The summed E-state index contributed by atoms with van der Waals surface area (Å²) in [5.41, 5.74) is 3.46. The quantitative estimate of drug-likeness (QED) is 0.533. The highest BCUT2D eigenvalue weighted by Gasteiger charge is 2.12. The first-order valence-corrected chi connectivity index (χ1v) is 9.54. The number of unbranched alkanes of at least 4 members (excludes halogenated alkanes) is 1. The van der Waals surface area contributed by atoms with Gasteiger partial charge in [0.25, 0.3) is 0 Å². The number of amides is 1. The molecule has 2 rings (SSSR count). The Labute approximate surface area is 161 Å². The number of anilines is 2. The predicted molar refractivity (Wildman–Crippen MR) is 110 cm³/mol. The van der Waals surface area contributed by atoms with Crippen molar-refractivity contribution >= 4 is 17.5 Å². The Kier molecular flexibility index (Phi) is 8.14. The molecule has 0 saturated heterocycles. The third-order valence-corrected chi connectivity index (χ3v) is 4.31. The lowest BCUT2D eigenvalue weighted by molar-refractivity contribution is 0.153. The third kappa shape index (κ3) is 6.94. The molecular weight excluding hydrogens is 340 g/mol. The highest BCUT2D eigenvalue weighted by Crippen LogP contribution is 2.24. The van der Waals surface area contributed by atoms with E-state index in [4.69, 9.17) is 4.74 Å². The van der Waals surface area contributed by atoms with E-state index in [9.17, 15) is 9.90 Å². The molecule has 0 aliphatic rings. The van der Waals surface area contributed by atoms with Crippen LogP contribution in [0, 0.1) is 5.92 Å². The highest BCUT2D eigenvalue weighted by atomic mass is 16.5. The number of aliphatic hydroxyl groups excluding tert-OH is 1. The molecule has 0 spiro atoms. The van der Waals surface area contributed by atoms with Gasteiger partial charge in [0.2, 0.25) is 0 Å². The number of hydrogen-bond donors (Lipinski definition) is 3. The molecule has 0 aliphatic carbocycles. The molecule has 1 unspecified atom stereocenters. The van der Waals surface area contributed by atoms with Gasteiger partial charge in [0.1, 0.15) is 12.8 Å². The number of rotatable bonds is 9. The lowest BCUT2D eigenvalue weighted by Crippen LogP contribution is -2.24. The lowest BCUT2D eigenvalue weighted by atomic mass is 10.1. The largest absolute Gasteiger partial charge is 0.444 e. The van der Waals surface area contributed by atoms with Crippen molar-refractivity contribution in [3.05, 3.63) is 59.7 Å². The first-order valence-electron chi connectivity index (χ1n) is 9.54. The standard InChI is InChI=1S/C22H30N2O3/c1-4-5-11-18-12-13-19(23-21(25)16(2)3)14-20(18)24-22(26)27-15-17-9-7-6-8-10-17/h6-10,12-14,16,21,23,25H,4-5,11,15H2,1-3H3,(H,24,26). The molecule has 3 N–H and O–H groups in total. The Morgan fingerprint density at radius 2 is 1.89 bits per heavy atom. The van der Waals surface area contributed by atoms with Crippen molar-refractivity contribution in [1.29, 1.82) is 0 Å². The fourth-order valence-electron chi connectivity index (χ4n) is 2.57. The smallest absolute Gasteiger partial charge is 0.411 e. The number of nitrogens with one attached hydrogen (secondary N) is 2. The van der Waals surface area contributed by atoms with Gasteiger partial charge in [0.15, 0.2) is 0 Å². The predicted octanol–water partition coefficient (Wildman–Crippen LogP) is 5.16. The van der Waals surface area contributed by atoms with Crippen molar-refractivity contribution in [2.45, 2.75) is 52.9 Å². The van der Waals surface area contributed by atoms with Crippen molar-refractivity contribution in [3.63, 3.8) is 0 Å². The summed E-state index contributed by atoms with van der Waals surface area (Å²) in [4.78, 5) is 12.3. The summed E-state index contributed by atoms with van der Waals surface area (Å²) in [7, 11) is 0. The van der Waals surface area contributed by atoms with Crippen LogP contribution in [-0.2, 0) is 17.8 Å². The van der Waals surface area contributed by atoms with Gasteiger partial charge in [0, 0.05) is 11.4 Å². The van der Waals surface area contributed by atoms with Crippen LogP contribution in [0.15, 0.2) is 48.5 Å². The summed E-state index contributed by atoms with van der Waals surface area (Å²) in [5.74, 6) is 0.0806. The first kappa shape index (κ1) is 20.8. The van der Waals surface area contributed by atoms with Crippen LogP contribution in [0.2, 0.25) is 0 Å². The van der Waals surface area contributed by atoms with Crippen LogP contribution < -0.4 is 10.6 Å². The van der Waals surface area contributed by atoms with E-state index in [1.54, 1.807) is 0 Å². The molecule has 5 heteroatoms. The van der Waals surface area contributed by atoms with E-state index in [0.717, 1.165) is 36.1 Å². The number of carbonyl (C=O) groups excluding carboxylic acids is 1. The number of ether oxygens (including phenoxy) is 1. The van der Waals surface area contributed by atoms with Crippen LogP contribution in [0.25, 0.3) is 0 Å². The van der Waals surface area contributed by atoms with Crippen LogP contribution in [0.3, 0.4) is 0 Å². The van der Waals surface area contributed by atoms with Crippen molar-refractivity contribution < 1.29 is 14.6 Å². The Bertz CT molecular complexity index is 717. The number of aryl methyl sites for hydroxylation is 1. The molecule has 0 radical (unpaired) electrons. The van der Waals surface area contributed by atoms with E-state index >= 15 is 0 Å². The van der Waals surface area contributed by atoms with Crippen LogP contribution in [0.4, 0.5) is 16.2 Å². The minimum Gasteiger partial charge on any atom is -0.444 e. The van der Waals surface area contributed by atoms with Crippen molar-refractivity contribution in [2.75, 3.05) is 10.6 Å². The van der Waals surface area contributed by atoms with Gasteiger partial charge in [-0.25, -0.2) is 4.79 Å². The second-order valence-electron chi connectivity index (χ2n) is 7.00. The van der Waals surface area contributed by atoms with E-state index < -0.39 is 12.3 Å². The van der Waals surface area contributed by atoms with E-state index in [0.29, 0.717) is 5.69 Å². The molecule has 0 bridgehead atoms. The van der Waals surface area contributed by atoms with E-state index in [-0.39, 0.29) is 12.5 Å². The normalized spacial score (nSPS) is 11.9. The molecule has 1 amide bonds. The van der Waals surface area contributed by atoms with Crippen molar-refractivity contribution in [1.82, 2.24) is 0 Å². The Balaban J connectivity index is 2.06. The highest BCUT2D eigenvalue weighted by molar-refractivity contribution is 5.86. The molecule has 0 saturated carbocycles. The fraction of sp³-hybridized carbons (Fsp3) is 0.409. The van der Waals surface area contributed by atoms with Gasteiger partial charge >= 0.3 is 6.09 Å². The molecule has 0 heterocycles. The molecule has 5 nitrogen and oxygen atoms in total. The van der Waals surface area contributed by atoms with Gasteiger partial charge in [-0.2, -0.15) is 0 Å². The van der Waals surface area contributed by atoms with Crippen LogP contribution >= 0.6 is 0 Å². The number of hydrogen-bond acceptors (Lipinski definition) is 4. The van der Waals surface area contributed by atoms with Crippen LogP contribution in [0.1, 0.15) is 44.7 Å². The van der Waals surface area contributed by atoms with Gasteiger partial charge in [-0.05, 0) is 42.0 Å². The van der Waals surface area contributed by atoms with Gasteiger partial charge in [-0.15, -0.1) is 0 Å². The molecule has 0 aromatic heterocycles. The van der Waals surface area contributed by atoms with E-state index in [1.807, 2.05) is 62.4 Å². The SMILES string of the molecule is CCCCc1ccc(NC(O)C(C)C)cc1NC(=O)OCc1ccccc1. The van der Waals surface area contributed by atoms with Crippen LogP contribution in [-0.4, -0.2) is 17.4 Å². The Morgan fingerprint density at radius 1 is 1.15 bits per heavy atom. The minimum atomic E-state index is -0.649. The zero-order valence-corrected chi connectivity index (χ0v) is 16.4. The van der Waals surface area contributed by atoms with Crippen molar-refractivity contribution in [3.8, 4) is 0 Å². The second-order valence-corrected chi connectivity index (χ2v) is 7.00. The van der Waals surface area contributed by atoms with Gasteiger partial charge in [-0.1, -0.05) is 63.6 Å². The first-order chi connectivity index (χ1) is 13.0. The maximum Gasteiger partial charge on any atom is 0.411 e. The molecule has 2 aromatic rings. The van der Waals surface area contributed by atoms with Crippen molar-refractivity contribution in [2.24, 2.45) is 5.92 Å². The number of aliphatic hydroxyl groups is 1. The average Bonchev–Trinajstić information content (AvgIpc) is 2.66. The Morgan fingerprint density at radius 3 is 2.56 bits per heavy atom. The fourth-order valence-corrected chi connectivity index (χ4v) is 2.57. The van der Waals surface area contributed by atoms with Gasteiger partial charge in [0.05, 0.1) is 0 Å². The minimum absolute atomic E-state index is 0.0806. The summed E-state index contributed by atoms with van der Waals surface area (Å²) in [6, 6.07) is 15.3. The summed E-state index contributed by atoms with van der Waals surface area (Å²) in [5, 5.41) is 16.0. The number of benzene rings is 2. The molecule has 0 fully saturated rings. The van der Waals surface area contributed by atoms with Gasteiger partial charge < -0.3 is 15.2 Å². The zero-order valence-electron chi connectivity index (χ0n) is 16.4. The second kappa shape index (κ2) is 10.6. The summed E-state index contributed by atoms with van der Waals surface area (Å²) in [6.07, 6.45) is 1.85. The maximum atomic E-state index is 12.3. The summed E-state index contributed by atoms with van der Waals surface area (Å²) < 4.78 is 5.33. The number of carbonyl (C=O) groups is 1. The molecule has 1 atom stereocenters. The van der Waals surface area contributed by atoms with E-state index in [1.165, 1.54) is 0 Å². The summed E-state index contributed by atoms with van der Waals surface area (Å²) in [6.45, 7) is 6.23. The topological polar surface area (TPSA) is 70.6 Å². The molecule has 2 aromatic carbocycles. The summed E-state index contributed by atoms with van der Waals surface area (Å²) >= 11 is 0. The average molecular weight is 370 g/mol. The third-order valence-electron chi connectivity index (χ3n) is 4.31. The van der Waals surface area contributed by atoms with Crippen LogP contribution in [0.5, 0.6) is 0 Å². The molecule has 0 aliphatic heterocycles. The maximum absolute atomic E-state index is 12.3. The monoisotopic (exact) mass is 370 g/mol. The molecular formula is C22H30N2O3. The molecule has 146 valence electrons. The lowest BCUT2D eigenvalue weighted by Gasteiger charge is -2.19. The molecule has 27 heavy (non-hydrogen) atoms. The van der Waals surface area contributed by atoms with Gasteiger partial charge in [-0.3, -0.25) is 5.32 Å².